The summed E-state index contributed by atoms with van der Waals surface area (Å²) in [6.07, 6.45) is 19.5. The van der Waals surface area contributed by atoms with Crippen molar-refractivity contribution in [3.63, 3.8) is 0 Å². The molecular formula is C18H30O3. The molecule has 0 bridgehead atoms. The number of rotatable bonds is 13. The zero-order chi connectivity index (χ0) is 15.8. The molecule has 21 heavy (non-hydrogen) atoms. The molecule has 3 nitrogen and oxygen atoms in total. The summed E-state index contributed by atoms with van der Waals surface area (Å²) in [7, 11) is 0. The van der Waals surface area contributed by atoms with E-state index in [1.54, 1.807) is 0 Å². The van der Waals surface area contributed by atoms with Gasteiger partial charge >= 0.3 is 5.97 Å². The number of hydrogen-bond donors (Lipinski definition) is 2. The summed E-state index contributed by atoms with van der Waals surface area (Å²) in [6.45, 7) is 2.20. The molecule has 0 aliphatic rings. The third kappa shape index (κ3) is 16.6. The van der Waals surface area contributed by atoms with Crippen LogP contribution in [0.15, 0.2) is 36.5 Å². The summed E-state index contributed by atoms with van der Waals surface area (Å²) >= 11 is 0. The van der Waals surface area contributed by atoms with Crippen LogP contribution in [0.4, 0.5) is 0 Å². The van der Waals surface area contributed by atoms with Gasteiger partial charge in [0.1, 0.15) is 0 Å². The van der Waals surface area contributed by atoms with Gasteiger partial charge in [-0.05, 0) is 38.5 Å². The fourth-order valence-electron chi connectivity index (χ4n) is 1.85. The lowest BCUT2D eigenvalue weighted by atomic mass is 10.1. The van der Waals surface area contributed by atoms with E-state index in [4.69, 9.17) is 5.11 Å². The summed E-state index contributed by atoms with van der Waals surface area (Å²) in [4.78, 5) is 10.3. The third-order valence-electron chi connectivity index (χ3n) is 3.12. The average molecular weight is 294 g/mol. The van der Waals surface area contributed by atoms with Crippen molar-refractivity contribution in [2.75, 3.05) is 0 Å². The molecule has 120 valence electrons. The van der Waals surface area contributed by atoms with Crippen molar-refractivity contribution in [3.8, 4) is 0 Å². The van der Waals surface area contributed by atoms with Crippen molar-refractivity contribution >= 4 is 5.97 Å². The van der Waals surface area contributed by atoms with Crippen molar-refractivity contribution in [3.05, 3.63) is 36.5 Å². The van der Waals surface area contributed by atoms with E-state index in [1.165, 1.54) is 19.3 Å². The van der Waals surface area contributed by atoms with E-state index in [9.17, 15) is 9.90 Å². The van der Waals surface area contributed by atoms with Crippen LogP contribution in [0.3, 0.4) is 0 Å². The minimum Gasteiger partial charge on any atom is -0.481 e. The Morgan fingerprint density at radius 3 is 2.38 bits per heavy atom. The van der Waals surface area contributed by atoms with Gasteiger partial charge < -0.3 is 10.2 Å². The molecule has 1 atom stereocenters. The van der Waals surface area contributed by atoms with Gasteiger partial charge in [-0.1, -0.05) is 56.2 Å². The molecule has 0 aromatic carbocycles. The second kappa shape index (κ2) is 15.0. The van der Waals surface area contributed by atoms with Gasteiger partial charge in [-0.25, -0.2) is 0 Å². The highest BCUT2D eigenvalue weighted by Gasteiger charge is 1.98. The number of carboxylic acid groups (broad SMARTS) is 1. The summed E-state index contributed by atoms with van der Waals surface area (Å²) < 4.78 is 0. The molecule has 0 radical (unpaired) electrons. The molecule has 2 N–H and O–H groups in total. The highest BCUT2D eigenvalue weighted by Crippen LogP contribution is 2.06. The van der Waals surface area contributed by atoms with Crippen molar-refractivity contribution in [1.82, 2.24) is 0 Å². The van der Waals surface area contributed by atoms with Gasteiger partial charge in [-0.2, -0.15) is 0 Å². The number of aliphatic hydroxyl groups is 1. The number of unbranched alkanes of at least 4 members (excludes halogenated alkanes) is 3. The fourth-order valence-corrected chi connectivity index (χ4v) is 1.85. The Bertz CT molecular complexity index is 329. The monoisotopic (exact) mass is 294 g/mol. The van der Waals surface area contributed by atoms with Crippen LogP contribution >= 0.6 is 0 Å². The minimum atomic E-state index is -0.769. The molecule has 0 aliphatic heterocycles. The molecule has 0 spiro atoms. The molecule has 1 unspecified atom stereocenters. The van der Waals surface area contributed by atoms with E-state index in [2.05, 4.69) is 19.1 Å². The molecule has 0 rings (SSSR count). The Balaban J connectivity index is 3.51. The van der Waals surface area contributed by atoms with Crippen LogP contribution in [0.2, 0.25) is 0 Å². The number of aliphatic carboxylic acids is 1. The minimum absolute atomic E-state index is 0.174. The van der Waals surface area contributed by atoms with E-state index in [-0.39, 0.29) is 12.5 Å². The summed E-state index contributed by atoms with van der Waals surface area (Å²) in [6, 6.07) is 0. The molecule has 0 fully saturated rings. The van der Waals surface area contributed by atoms with Crippen LogP contribution in [0.5, 0.6) is 0 Å². The third-order valence-corrected chi connectivity index (χ3v) is 3.12. The van der Waals surface area contributed by atoms with Gasteiger partial charge in [0.25, 0.3) is 0 Å². The van der Waals surface area contributed by atoms with E-state index >= 15 is 0 Å². The Morgan fingerprint density at radius 2 is 1.71 bits per heavy atom. The zero-order valence-electron chi connectivity index (χ0n) is 13.2. The first-order valence-electron chi connectivity index (χ1n) is 8.03. The maximum atomic E-state index is 10.3. The van der Waals surface area contributed by atoms with Crippen molar-refractivity contribution in [2.24, 2.45) is 0 Å². The van der Waals surface area contributed by atoms with Crippen molar-refractivity contribution in [2.45, 2.75) is 70.8 Å². The molecular weight excluding hydrogens is 264 g/mol. The molecule has 0 amide bonds. The zero-order valence-corrected chi connectivity index (χ0v) is 13.2. The van der Waals surface area contributed by atoms with Gasteiger partial charge in [0, 0.05) is 6.42 Å². The van der Waals surface area contributed by atoms with Crippen molar-refractivity contribution < 1.29 is 15.0 Å². The lowest BCUT2D eigenvalue weighted by molar-refractivity contribution is -0.136. The SMILES string of the molecule is CCCCC/C=C\CC(O)CC/C=C/C=C\CCC(=O)O. The summed E-state index contributed by atoms with van der Waals surface area (Å²) in [5, 5.41) is 18.2. The Morgan fingerprint density at radius 1 is 1.00 bits per heavy atom. The maximum Gasteiger partial charge on any atom is 0.303 e. The predicted octanol–water partition coefficient (Wildman–Crippen LogP) is 4.63. The van der Waals surface area contributed by atoms with Crippen LogP contribution in [-0.4, -0.2) is 22.3 Å². The van der Waals surface area contributed by atoms with Crippen molar-refractivity contribution in [1.29, 1.82) is 0 Å². The number of hydrogen-bond acceptors (Lipinski definition) is 2. The quantitative estimate of drug-likeness (QED) is 0.296. The maximum absolute atomic E-state index is 10.3. The van der Waals surface area contributed by atoms with Crippen LogP contribution in [0, 0.1) is 0 Å². The molecule has 0 aliphatic carbocycles. The topological polar surface area (TPSA) is 57.5 Å². The van der Waals surface area contributed by atoms with Crippen LogP contribution in [-0.2, 0) is 4.79 Å². The van der Waals surface area contributed by atoms with E-state index in [0.717, 1.165) is 25.7 Å². The molecule has 0 aromatic heterocycles. The normalized spacial score (nSPS) is 13.6. The molecule has 0 aromatic rings. The largest absolute Gasteiger partial charge is 0.481 e. The summed E-state index contributed by atoms with van der Waals surface area (Å²) in [5.41, 5.74) is 0. The molecule has 0 saturated heterocycles. The number of aliphatic hydroxyl groups excluding tert-OH is 1. The number of carbonyl (C=O) groups is 1. The van der Waals surface area contributed by atoms with Gasteiger partial charge in [0.05, 0.1) is 6.10 Å². The average Bonchev–Trinajstić information content (AvgIpc) is 2.45. The highest BCUT2D eigenvalue weighted by molar-refractivity contribution is 5.66. The first-order valence-corrected chi connectivity index (χ1v) is 8.03. The number of allylic oxidation sites excluding steroid dienone is 5. The van der Waals surface area contributed by atoms with E-state index in [1.807, 2.05) is 24.3 Å². The highest BCUT2D eigenvalue weighted by atomic mass is 16.4. The second-order valence-corrected chi connectivity index (χ2v) is 5.22. The van der Waals surface area contributed by atoms with E-state index < -0.39 is 5.97 Å². The van der Waals surface area contributed by atoms with Crippen LogP contribution < -0.4 is 0 Å². The van der Waals surface area contributed by atoms with E-state index in [0.29, 0.717) is 6.42 Å². The standard InChI is InChI=1S/C18H30O3/c1-2-3-4-5-8-11-14-17(19)15-12-9-6-7-10-13-16-18(20)21/h6-11,17,19H,2-5,12-16H2,1H3,(H,20,21)/b9-6+,10-7-,11-8-. The molecule has 0 saturated carbocycles. The lowest BCUT2D eigenvalue weighted by Gasteiger charge is -2.04. The van der Waals surface area contributed by atoms with Crippen LogP contribution in [0.1, 0.15) is 64.7 Å². The van der Waals surface area contributed by atoms with Gasteiger partial charge in [0.2, 0.25) is 0 Å². The lowest BCUT2D eigenvalue weighted by Crippen LogP contribution is -2.03. The predicted molar refractivity (Wildman–Crippen MR) is 88.3 cm³/mol. The Kier molecular flexibility index (Phi) is 14.1. The Hall–Kier alpha value is -1.35. The Labute approximate surface area is 129 Å². The van der Waals surface area contributed by atoms with Crippen LogP contribution in [0.25, 0.3) is 0 Å². The fraction of sp³-hybridized carbons (Fsp3) is 0.611. The first kappa shape index (κ1) is 19.7. The molecule has 0 heterocycles. The van der Waals surface area contributed by atoms with Gasteiger partial charge in [-0.15, -0.1) is 0 Å². The smallest absolute Gasteiger partial charge is 0.303 e. The first-order chi connectivity index (χ1) is 10.2. The summed E-state index contributed by atoms with van der Waals surface area (Å²) in [5.74, 6) is -0.769. The molecule has 3 heteroatoms. The second-order valence-electron chi connectivity index (χ2n) is 5.22. The van der Waals surface area contributed by atoms with Gasteiger partial charge in [0.15, 0.2) is 0 Å². The van der Waals surface area contributed by atoms with Gasteiger partial charge in [-0.3, -0.25) is 4.79 Å². The number of carboxylic acids is 1.